The molecule has 0 radical (unpaired) electrons. The van der Waals surface area contributed by atoms with Crippen molar-refractivity contribution in [2.24, 2.45) is 5.10 Å². The van der Waals surface area contributed by atoms with Gasteiger partial charge in [-0.2, -0.15) is 13.5 Å². The highest BCUT2D eigenvalue weighted by molar-refractivity contribution is 9.10. The predicted molar refractivity (Wildman–Crippen MR) is 128 cm³/mol. The number of benzene rings is 3. The van der Waals surface area contributed by atoms with E-state index < -0.39 is 16.0 Å². The number of carbonyl (C=O) groups is 1. The van der Waals surface area contributed by atoms with E-state index in [1.54, 1.807) is 61.5 Å². The van der Waals surface area contributed by atoms with Gasteiger partial charge >= 0.3 is 5.97 Å². The summed E-state index contributed by atoms with van der Waals surface area (Å²) in [5.74, 6) is 0.534. The Bertz CT molecular complexity index is 1250. The maximum absolute atomic E-state index is 12.6. The molecule has 3 aromatic rings. The van der Waals surface area contributed by atoms with Crippen LogP contribution >= 0.6 is 15.9 Å². The highest BCUT2D eigenvalue weighted by Crippen LogP contribution is 2.37. The number of hydrazone groups is 1. The molecule has 0 unspecified atom stereocenters. The Hall–Kier alpha value is -3.37. The number of nitrogens with zero attached hydrogens (tertiary/aromatic N) is 1. The summed E-state index contributed by atoms with van der Waals surface area (Å²) in [7, 11) is -2.25. The number of hydrogen-bond donors (Lipinski definition) is 1. The van der Waals surface area contributed by atoms with Crippen LogP contribution in [0.1, 0.15) is 22.8 Å². The first kappa shape index (κ1) is 24.3. The van der Waals surface area contributed by atoms with E-state index >= 15 is 0 Å². The minimum atomic E-state index is -3.79. The summed E-state index contributed by atoms with van der Waals surface area (Å²) >= 11 is 3.38. The fourth-order valence-electron chi connectivity index (χ4n) is 2.73. The number of rotatable bonds is 9. The van der Waals surface area contributed by atoms with E-state index in [2.05, 4.69) is 25.9 Å². The van der Waals surface area contributed by atoms with E-state index in [9.17, 15) is 13.2 Å². The van der Waals surface area contributed by atoms with E-state index in [1.165, 1.54) is 25.5 Å². The SMILES string of the molecule is CCOc1cc(/C=N\NS(=O)(=O)c2ccccc2)cc(Br)c1OC(=O)c1ccc(OC)cc1. The molecular formula is C23H21BrN2O6S. The van der Waals surface area contributed by atoms with Gasteiger partial charge in [-0.25, -0.2) is 9.63 Å². The zero-order valence-electron chi connectivity index (χ0n) is 17.8. The minimum Gasteiger partial charge on any atom is -0.497 e. The molecule has 0 bridgehead atoms. The van der Waals surface area contributed by atoms with Gasteiger partial charge in [-0.3, -0.25) is 0 Å². The molecule has 0 saturated carbocycles. The molecule has 0 aliphatic carbocycles. The van der Waals surface area contributed by atoms with Crippen molar-refractivity contribution in [2.45, 2.75) is 11.8 Å². The molecule has 3 rings (SSSR count). The van der Waals surface area contributed by atoms with E-state index in [0.29, 0.717) is 33.7 Å². The van der Waals surface area contributed by atoms with Crippen molar-refractivity contribution in [1.82, 2.24) is 4.83 Å². The van der Waals surface area contributed by atoms with Gasteiger partial charge in [0, 0.05) is 0 Å². The summed E-state index contributed by atoms with van der Waals surface area (Å²) in [6.07, 6.45) is 1.32. The average molecular weight is 533 g/mol. The predicted octanol–water partition coefficient (Wildman–Crippen LogP) is 4.39. The van der Waals surface area contributed by atoms with Crippen LogP contribution in [0.5, 0.6) is 17.2 Å². The summed E-state index contributed by atoms with van der Waals surface area (Å²) in [6.45, 7) is 2.11. The van der Waals surface area contributed by atoms with Crippen LogP contribution < -0.4 is 19.0 Å². The molecule has 0 heterocycles. The first-order chi connectivity index (χ1) is 15.8. The Morgan fingerprint density at radius 1 is 1.09 bits per heavy atom. The number of sulfonamides is 1. The molecular weight excluding hydrogens is 512 g/mol. The molecule has 0 fully saturated rings. The Labute approximate surface area is 200 Å². The first-order valence-electron chi connectivity index (χ1n) is 9.76. The molecule has 1 N–H and O–H groups in total. The third-order valence-electron chi connectivity index (χ3n) is 4.29. The number of esters is 1. The minimum absolute atomic E-state index is 0.0964. The highest BCUT2D eigenvalue weighted by atomic mass is 79.9. The van der Waals surface area contributed by atoms with Crippen LogP contribution in [-0.4, -0.2) is 34.3 Å². The Kier molecular flexibility index (Phi) is 8.07. The normalized spacial score (nSPS) is 11.2. The van der Waals surface area contributed by atoms with Crippen molar-refractivity contribution in [2.75, 3.05) is 13.7 Å². The van der Waals surface area contributed by atoms with Crippen LogP contribution in [-0.2, 0) is 10.0 Å². The zero-order chi connectivity index (χ0) is 23.8. The lowest BCUT2D eigenvalue weighted by molar-refractivity contribution is 0.0727. The molecule has 8 nitrogen and oxygen atoms in total. The van der Waals surface area contributed by atoms with Crippen LogP contribution in [0.3, 0.4) is 0 Å². The number of methoxy groups -OCH3 is 1. The van der Waals surface area contributed by atoms with Gasteiger partial charge in [-0.1, -0.05) is 18.2 Å². The smallest absolute Gasteiger partial charge is 0.343 e. The van der Waals surface area contributed by atoms with Crippen LogP contribution in [0.15, 0.2) is 81.2 Å². The Balaban J connectivity index is 1.80. The van der Waals surface area contributed by atoms with Gasteiger partial charge in [0.2, 0.25) is 0 Å². The van der Waals surface area contributed by atoms with E-state index in [4.69, 9.17) is 14.2 Å². The largest absolute Gasteiger partial charge is 0.497 e. The van der Waals surface area contributed by atoms with Gasteiger partial charge in [0.05, 0.1) is 34.9 Å². The van der Waals surface area contributed by atoms with Gasteiger partial charge in [-0.15, -0.1) is 0 Å². The van der Waals surface area contributed by atoms with Crippen LogP contribution in [0.4, 0.5) is 0 Å². The fourth-order valence-corrected chi connectivity index (χ4v) is 4.08. The molecule has 0 spiro atoms. The van der Waals surface area contributed by atoms with Crippen molar-refractivity contribution >= 4 is 38.1 Å². The van der Waals surface area contributed by atoms with Crippen LogP contribution in [0.25, 0.3) is 0 Å². The van der Waals surface area contributed by atoms with Gasteiger partial charge in [0.15, 0.2) is 11.5 Å². The second-order valence-electron chi connectivity index (χ2n) is 6.55. The molecule has 0 aromatic heterocycles. The number of halogens is 1. The average Bonchev–Trinajstić information content (AvgIpc) is 2.82. The van der Waals surface area contributed by atoms with Gasteiger partial charge in [0.25, 0.3) is 10.0 Å². The maximum Gasteiger partial charge on any atom is 0.343 e. The lowest BCUT2D eigenvalue weighted by Crippen LogP contribution is -2.18. The zero-order valence-corrected chi connectivity index (χ0v) is 20.2. The number of nitrogens with one attached hydrogen (secondary N) is 1. The Morgan fingerprint density at radius 3 is 2.42 bits per heavy atom. The Morgan fingerprint density at radius 2 is 1.79 bits per heavy atom. The topological polar surface area (TPSA) is 103 Å². The van der Waals surface area contributed by atoms with Crippen molar-refractivity contribution in [3.63, 3.8) is 0 Å². The highest BCUT2D eigenvalue weighted by Gasteiger charge is 2.17. The molecule has 33 heavy (non-hydrogen) atoms. The third-order valence-corrected chi connectivity index (χ3v) is 6.12. The van der Waals surface area contributed by atoms with Crippen molar-refractivity contribution in [1.29, 1.82) is 0 Å². The maximum atomic E-state index is 12.6. The molecule has 172 valence electrons. The molecule has 0 amide bonds. The third kappa shape index (κ3) is 6.33. The standard InChI is InChI=1S/C23H21BrN2O6S/c1-3-31-21-14-16(15-25-26-33(28,29)19-7-5-4-6-8-19)13-20(24)22(21)32-23(27)17-9-11-18(30-2)12-10-17/h4-15,26H,3H2,1-2H3/b25-15-. The molecule has 3 aromatic carbocycles. The lowest BCUT2D eigenvalue weighted by atomic mass is 10.2. The van der Waals surface area contributed by atoms with E-state index in [-0.39, 0.29) is 10.6 Å². The lowest BCUT2D eigenvalue weighted by Gasteiger charge is -2.13. The molecule has 0 aliphatic heterocycles. The van der Waals surface area contributed by atoms with Gasteiger partial charge in [-0.05, 0) is 76.9 Å². The number of hydrogen-bond acceptors (Lipinski definition) is 7. The molecule has 0 saturated heterocycles. The van der Waals surface area contributed by atoms with Crippen LogP contribution in [0.2, 0.25) is 0 Å². The second kappa shape index (κ2) is 11.0. The molecule has 0 atom stereocenters. The monoisotopic (exact) mass is 532 g/mol. The second-order valence-corrected chi connectivity index (χ2v) is 9.06. The summed E-state index contributed by atoms with van der Waals surface area (Å²) in [4.78, 5) is 14.8. The van der Waals surface area contributed by atoms with Crippen LogP contribution in [0, 0.1) is 0 Å². The summed E-state index contributed by atoms with van der Waals surface area (Å²) < 4.78 is 41.3. The summed E-state index contributed by atoms with van der Waals surface area (Å²) in [5, 5.41) is 3.83. The summed E-state index contributed by atoms with van der Waals surface area (Å²) in [5.41, 5.74) is 0.858. The van der Waals surface area contributed by atoms with Crippen molar-refractivity contribution < 1.29 is 27.4 Å². The number of ether oxygens (including phenoxy) is 3. The first-order valence-corrected chi connectivity index (χ1v) is 12.0. The fraction of sp³-hybridized carbons (Fsp3) is 0.130. The number of carbonyl (C=O) groups excluding carboxylic acids is 1. The van der Waals surface area contributed by atoms with Gasteiger partial charge in [0.1, 0.15) is 5.75 Å². The molecule has 10 heteroatoms. The quantitative estimate of drug-likeness (QED) is 0.190. The molecule has 0 aliphatic rings. The van der Waals surface area contributed by atoms with E-state index in [0.717, 1.165) is 0 Å². The van der Waals surface area contributed by atoms with Gasteiger partial charge < -0.3 is 14.2 Å². The summed E-state index contributed by atoms with van der Waals surface area (Å²) in [6, 6.07) is 17.6. The van der Waals surface area contributed by atoms with E-state index in [1.807, 2.05) is 0 Å². The van der Waals surface area contributed by atoms with Crippen molar-refractivity contribution in [3.05, 3.63) is 82.3 Å². The van der Waals surface area contributed by atoms with Crippen molar-refractivity contribution in [3.8, 4) is 17.2 Å².